The summed E-state index contributed by atoms with van der Waals surface area (Å²) in [6, 6.07) is 2.18. The Balaban J connectivity index is 3.51. The van der Waals surface area contributed by atoms with Crippen LogP contribution >= 0.6 is 23.2 Å². The number of carbonyl (C=O) groups excluding carboxylic acids is 1. The van der Waals surface area contributed by atoms with Crippen molar-refractivity contribution in [3.05, 3.63) is 33.8 Å². The fourth-order valence-corrected chi connectivity index (χ4v) is 1.76. The summed E-state index contributed by atoms with van der Waals surface area (Å²) < 4.78 is 37.5. The molecule has 1 aromatic carbocycles. The van der Waals surface area contributed by atoms with Gasteiger partial charge in [0.25, 0.3) is 5.24 Å². The van der Waals surface area contributed by atoms with Crippen molar-refractivity contribution in [2.24, 2.45) is 0 Å². The summed E-state index contributed by atoms with van der Waals surface area (Å²) in [6.45, 7) is 1.16. The maximum absolute atomic E-state index is 12.5. The molecule has 15 heavy (non-hydrogen) atoms. The summed E-state index contributed by atoms with van der Waals surface area (Å²) in [5, 5.41) is -1.38. The molecule has 0 fully saturated rings. The number of rotatable bonds is 1. The molecule has 0 bridgehead atoms. The molecule has 0 saturated carbocycles. The SMILES string of the molecule is Cc1c(C(=O)Cl)ccc(Cl)c1C(F)(F)F. The van der Waals surface area contributed by atoms with Gasteiger partial charge in [-0.1, -0.05) is 11.6 Å². The lowest BCUT2D eigenvalue weighted by atomic mass is 10.0. The molecule has 1 rings (SSSR count). The van der Waals surface area contributed by atoms with Gasteiger partial charge in [0.15, 0.2) is 0 Å². The van der Waals surface area contributed by atoms with E-state index in [0.29, 0.717) is 0 Å². The Morgan fingerprint density at radius 2 is 1.87 bits per heavy atom. The van der Waals surface area contributed by atoms with Crippen molar-refractivity contribution in [1.82, 2.24) is 0 Å². The molecule has 0 spiro atoms. The van der Waals surface area contributed by atoms with Crippen LogP contribution in [0.25, 0.3) is 0 Å². The fraction of sp³-hybridized carbons (Fsp3) is 0.222. The molecule has 0 radical (unpaired) electrons. The highest BCUT2D eigenvalue weighted by Crippen LogP contribution is 2.38. The Hall–Kier alpha value is -0.740. The maximum atomic E-state index is 12.5. The summed E-state index contributed by atoms with van der Waals surface area (Å²) in [5.74, 6) is 0. The molecule has 1 nitrogen and oxygen atoms in total. The smallest absolute Gasteiger partial charge is 0.276 e. The van der Waals surface area contributed by atoms with E-state index in [2.05, 4.69) is 0 Å². The average Bonchev–Trinajstić information content (AvgIpc) is 2.00. The molecule has 0 amide bonds. The lowest BCUT2D eigenvalue weighted by Gasteiger charge is -2.13. The first-order valence-electron chi connectivity index (χ1n) is 3.81. The van der Waals surface area contributed by atoms with Gasteiger partial charge in [0.2, 0.25) is 0 Å². The number of hydrogen-bond acceptors (Lipinski definition) is 1. The van der Waals surface area contributed by atoms with Gasteiger partial charge < -0.3 is 0 Å². The van der Waals surface area contributed by atoms with Gasteiger partial charge in [0, 0.05) is 5.56 Å². The van der Waals surface area contributed by atoms with Gasteiger partial charge in [-0.25, -0.2) is 0 Å². The Labute approximate surface area is 93.8 Å². The van der Waals surface area contributed by atoms with Gasteiger partial charge in [-0.05, 0) is 36.2 Å². The predicted octanol–water partition coefficient (Wildman–Crippen LogP) is 4.05. The van der Waals surface area contributed by atoms with Gasteiger partial charge in [0.05, 0.1) is 10.6 Å². The van der Waals surface area contributed by atoms with Crippen LogP contribution in [-0.2, 0) is 6.18 Å². The Morgan fingerprint density at radius 3 is 2.27 bits per heavy atom. The summed E-state index contributed by atoms with van der Waals surface area (Å²) in [6.07, 6.45) is -4.59. The quantitative estimate of drug-likeness (QED) is 0.693. The van der Waals surface area contributed by atoms with Crippen molar-refractivity contribution in [2.45, 2.75) is 13.1 Å². The molecule has 0 aliphatic heterocycles. The van der Waals surface area contributed by atoms with Gasteiger partial charge in [-0.15, -0.1) is 0 Å². The van der Waals surface area contributed by atoms with Crippen LogP contribution in [0.5, 0.6) is 0 Å². The van der Waals surface area contributed by atoms with E-state index in [1.165, 1.54) is 6.07 Å². The lowest BCUT2D eigenvalue weighted by Crippen LogP contribution is -2.11. The summed E-state index contributed by atoms with van der Waals surface area (Å²) in [5.41, 5.74) is -1.46. The van der Waals surface area contributed by atoms with Crippen molar-refractivity contribution in [3.63, 3.8) is 0 Å². The van der Waals surface area contributed by atoms with E-state index in [9.17, 15) is 18.0 Å². The van der Waals surface area contributed by atoms with Crippen molar-refractivity contribution in [1.29, 1.82) is 0 Å². The molecule has 0 heterocycles. The molecular weight excluding hydrogens is 252 g/mol. The zero-order chi connectivity index (χ0) is 11.8. The van der Waals surface area contributed by atoms with Gasteiger partial charge in [-0.2, -0.15) is 13.2 Å². The monoisotopic (exact) mass is 256 g/mol. The second-order valence-corrected chi connectivity index (χ2v) is 3.62. The van der Waals surface area contributed by atoms with E-state index in [-0.39, 0.29) is 11.1 Å². The van der Waals surface area contributed by atoms with Crippen molar-refractivity contribution < 1.29 is 18.0 Å². The van der Waals surface area contributed by atoms with Crippen LogP contribution in [0.3, 0.4) is 0 Å². The molecular formula is C9H5Cl2F3O. The minimum Gasteiger partial charge on any atom is -0.276 e. The molecule has 0 saturated heterocycles. The van der Waals surface area contributed by atoms with E-state index in [0.717, 1.165) is 13.0 Å². The second-order valence-electron chi connectivity index (χ2n) is 2.87. The summed E-state index contributed by atoms with van der Waals surface area (Å²) in [4.78, 5) is 10.8. The number of hydrogen-bond donors (Lipinski definition) is 0. The highest BCUT2D eigenvalue weighted by atomic mass is 35.5. The van der Waals surface area contributed by atoms with Gasteiger partial charge in [-0.3, -0.25) is 4.79 Å². The first kappa shape index (κ1) is 12.3. The van der Waals surface area contributed by atoms with Crippen LogP contribution in [0.1, 0.15) is 21.5 Å². The van der Waals surface area contributed by atoms with Gasteiger partial charge >= 0.3 is 6.18 Å². The second kappa shape index (κ2) is 4.02. The first-order chi connectivity index (χ1) is 6.75. The Morgan fingerprint density at radius 1 is 1.33 bits per heavy atom. The number of alkyl halides is 3. The highest BCUT2D eigenvalue weighted by molar-refractivity contribution is 6.68. The lowest BCUT2D eigenvalue weighted by molar-refractivity contribution is -0.137. The first-order valence-corrected chi connectivity index (χ1v) is 4.57. The topological polar surface area (TPSA) is 17.1 Å². The van der Waals surface area contributed by atoms with Crippen molar-refractivity contribution in [2.75, 3.05) is 0 Å². The number of halogens is 5. The largest absolute Gasteiger partial charge is 0.418 e. The molecule has 0 aliphatic carbocycles. The van der Waals surface area contributed by atoms with Crippen molar-refractivity contribution in [3.8, 4) is 0 Å². The zero-order valence-corrected chi connectivity index (χ0v) is 8.96. The van der Waals surface area contributed by atoms with E-state index in [4.69, 9.17) is 23.2 Å². The summed E-state index contributed by atoms with van der Waals surface area (Å²) >= 11 is 10.5. The molecule has 6 heteroatoms. The Bertz CT molecular complexity index is 413. The highest BCUT2D eigenvalue weighted by Gasteiger charge is 2.36. The molecule has 0 N–H and O–H groups in total. The maximum Gasteiger partial charge on any atom is 0.418 e. The standard InChI is InChI=1S/C9H5Cl2F3O/c1-4-5(8(11)15)2-3-6(10)7(4)9(12,13)14/h2-3H,1H3. The van der Waals surface area contributed by atoms with E-state index < -0.39 is 22.0 Å². The normalized spacial score (nSPS) is 11.6. The van der Waals surface area contributed by atoms with E-state index in [1.807, 2.05) is 0 Å². The van der Waals surface area contributed by atoms with Crippen LogP contribution in [0.2, 0.25) is 5.02 Å². The van der Waals surface area contributed by atoms with Crippen LogP contribution in [-0.4, -0.2) is 5.24 Å². The molecule has 0 aromatic heterocycles. The molecule has 0 aliphatic rings. The third-order valence-electron chi connectivity index (χ3n) is 1.91. The third-order valence-corrected chi connectivity index (χ3v) is 2.43. The average molecular weight is 257 g/mol. The third kappa shape index (κ3) is 2.44. The van der Waals surface area contributed by atoms with Crippen molar-refractivity contribution >= 4 is 28.4 Å². The van der Waals surface area contributed by atoms with Crippen LogP contribution in [0, 0.1) is 6.92 Å². The zero-order valence-electron chi connectivity index (χ0n) is 7.45. The Kier molecular flexibility index (Phi) is 3.31. The van der Waals surface area contributed by atoms with Crippen LogP contribution < -0.4 is 0 Å². The molecule has 0 atom stereocenters. The fourth-order valence-electron chi connectivity index (χ4n) is 1.24. The number of benzene rings is 1. The minimum absolute atomic E-state index is 0.187. The van der Waals surface area contributed by atoms with E-state index >= 15 is 0 Å². The van der Waals surface area contributed by atoms with E-state index in [1.54, 1.807) is 0 Å². The molecule has 82 valence electrons. The number of carbonyl (C=O) groups is 1. The summed E-state index contributed by atoms with van der Waals surface area (Å²) in [7, 11) is 0. The van der Waals surface area contributed by atoms with Crippen LogP contribution in [0.4, 0.5) is 13.2 Å². The molecule has 1 aromatic rings. The minimum atomic E-state index is -4.59. The van der Waals surface area contributed by atoms with Gasteiger partial charge in [0.1, 0.15) is 0 Å². The predicted molar refractivity (Wildman–Crippen MR) is 51.4 cm³/mol. The van der Waals surface area contributed by atoms with Crippen LogP contribution in [0.15, 0.2) is 12.1 Å². The molecule has 0 unspecified atom stereocenters.